The van der Waals surface area contributed by atoms with Crippen LogP contribution >= 0.6 is 46.4 Å². The van der Waals surface area contributed by atoms with E-state index in [1.54, 1.807) is 13.8 Å². The molecule has 0 saturated carbocycles. The molecule has 3 aromatic carbocycles. The van der Waals surface area contributed by atoms with Gasteiger partial charge in [-0.15, -0.1) is 0 Å². The average Bonchev–Trinajstić information content (AvgIpc) is 2.91. The maximum Gasteiger partial charge on any atom is 0.265 e. The van der Waals surface area contributed by atoms with Crippen molar-refractivity contribution in [3.63, 3.8) is 0 Å². The molecular weight excluding hydrogens is 610 g/mol. The Bertz CT molecular complexity index is 1430. The topological polar surface area (TPSA) is 108 Å². The summed E-state index contributed by atoms with van der Waals surface area (Å²) in [4.78, 5) is 23.6. The summed E-state index contributed by atoms with van der Waals surface area (Å²) in [5.74, 6) is -0.344. The lowest BCUT2D eigenvalue weighted by Gasteiger charge is -2.21. The third-order valence-corrected chi connectivity index (χ3v) is 7.83. The molecule has 0 aliphatic carbocycles. The number of aromatic hydroxyl groups is 2. The summed E-state index contributed by atoms with van der Waals surface area (Å²) in [5.41, 5.74) is 3.63. The number of phenolic OH excluding ortho intramolecular Hbond substituents is 2. The van der Waals surface area contributed by atoms with Gasteiger partial charge in [-0.3, -0.25) is 9.59 Å². The van der Waals surface area contributed by atoms with E-state index in [1.807, 2.05) is 32.0 Å². The lowest BCUT2D eigenvalue weighted by atomic mass is 10.1. The first-order chi connectivity index (χ1) is 19.2. The first kappa shape index (κ1) is 34.4. The minimum Gasteiger partial charge on any atom is -0.504 e. The van der Waals surface area contributed by atoms with Crippen LogP contribution in [-0.2, 0) is 9.59 Å². The highest BCUT2D eigenvalue weighted by Crippen LogP contribution is 2.40. The second-order valence-corrected chi connectivity index (χ2v) is 11.1. The van der Waals surface area contributed by atoms with Crippen LogP contribution in [0, 0.1) is 27.7 Å². The maximum absolute atomic E-state index is 12.8. The molecule has 0 aliphatic heterocycles. The molecule has 0 heterocycles. The summed E-state index contributed by atoms with van der Waals surface area (Å²) in [6.07, 6.45) is 1.64. The zero-order valence-corrected chi connectivity index (χ0v) is 26.7. The summed E-state index contributed by atoms with van der Waals surface area (Å²) >= 11 is 23.8. The number of anilines is 2. The van der Waals surface area contributed by atoms with E-state index in [9.17, 15) is 19.8 Å². The number of hydrogen-bond donors (Lipinski definition) is 4. The summed E-state index contributed by atoms with van der Waals surface area (Å²) in [5, 5.41) is 25.9. The molecule has 0 aliphatic rings. The fourth-order valence-electron chi connectivity index (χ4n) is 3.72. The van der Waals surface area contributed by atoms with Crippen molar-refractivity contribution in [2.45, 2.75) is 66.9 Å². The molecule has 3 aromatic rings. The number of phenols is 2. The highest BCUT2D eigenvalue weighted by molar-refractivity contribution is 6.38. The molecule has 0 fully saturated rings. The van der Waals surface area contributed by atoms with Crippen molar-refractivity contribution in [2.75, 3.05) is 10.6 Å². The minimum atomic E-state index is -0.690. The zero-order valence-electron chi connectivity index (χ0n) is 23.7. The molecule has 0 aromatic heterocycles. The van der Waals surface area contributed by atoms with Crippen molar-refractivity contribution in [3.05, 3.63) is 72.7 Å². The SMILES string of the molecule is CC(=O)Nc1cc(Cl)c(C)c(Cl)c1O.CCCCC(Oc1ccc(C)cc1C)C(=O)Nc1cc(Cl)c(C)c(Cl)c1O. The predicted octanol–water partition coefficient (Wildman–Crippen LogP) is 9.17. The van der Waals surface area contributed by atoms with Gasteiger partial charge in [-0.1, -0.05) is 77.4 Å². The lowest BCUT2D eigenvalue weighted by Crippen LogP contribution is -2.33. The van der Waals surface area contributed by atoms with E-state index in [1.165, 1.54) is 19.1 Å². The van der Waals surface area contributed by atoms with Crippen LogP contribution in [0.25, 0.3) is 0 Å². The standard InChI is InChI=1S/C21H25Cl2NO3.C9H9Cl2NO2/c1-5-6-7-18(27-17-9-8-12(2)10-13(17)3)21(26)24-16-11-15(22)14(4)19(23)20(16)25;1-4-6(10)3-7(12-5(2)13)9(14)8(4)11/h8-11,18,25H,5-7H2,1-4H3,(H,24,26);3,14H,1-2H3,(H,12,13). The van der Waals surface area contributed by atoms with Crippen LogP contribution in [0.3, 0.4) is 0 Å². The Balaban J connectivity index is 0.000000353. The molecule has 3 rings (SSSR count). The van der Waals surface area contributed by atoms with Crippen LogP contribution in [0.4, 0.5) is 11.4 Å². The van der Waals surface area contributed by atoms with Gasteiger partial charge in [-0.2, -0.15) is 0 Å². The third-order valence-electron chi connectivity index (χ3n) is 6.12. The maximum atomic E-state index is 12.8. The van der Waals surface area contributed by atoms with E-state index in [0.29, 0.717) is 33.3 Å². The number of halogens is 4. The highest BCUT2D eigenvalue weighted by atomic mass is 35.5. The number of carbonyl (C=O) groups excluding carboxylic acids is 2. The first-order valence-electron chi connectivity index (χ1n) is 12.8. The molecule has 1 unspecified atom stereocenters. The number of unbranched alkanes of at least 4 members (excludes halogenated alkanes) is 1. The highest BCUT2D eigenvalue weighted by Gasteiger charge is 2.23. The predicted molar refractivity (Wildman–Crippen MR) is 169 cm³/mol. The molecule has 222 valence electrons. The quantitative estimate of drug-likeness (QED) is 0.183. The fraction of sp³-hybridized carbons (Fsp3) is 0.333. The number of ether oxygens (including phenoxy) is 1. The minimum absolute atomic E-state index is 0.123. The van der Waals surface area contributed by atoms with Gasteiger partial charge in [0.1, 0.15) is 5.75 Å². The monoisotopic (exact) mass is 642 g/mol. The largest absolute Gasteiger partial charge is 0.504 e. The zero-order chi connectivity index (χ0) is 31.0. The van der Waals surface area contributed by atoms with Crippen LogP contribution in [-0.4, -0.2) is 28.1 Å². The average molecular weight is 644 g/mol. The summed E-state index contributed by atoms with van der Waals surface area (Å²) < 4.78 is 6.00. The van der Waals surface area contributed by atoms with E-state index in [2.05, 4.69) is 17.6 Å². The lowest BCUT2D eigenvalue weighted by molar-refractivity contribution is -0.123. The third kappa shape index (κ3) is 9.33. The Hall–Kier alpha value is -2.84. The van der Waals surface area contributed by atoms with Crippen molar-refractivity contribution in [1.29, 1.82) is 0 Å². The van der Waals surface area contributed by atoms with Gasteiger partial charge in [0.05, 0.1) is 21.4 Å². The van der Waals surface area contributed by atoms with Gasteiger partial charge in [0.25, 0.3) is 5.91 Å². The molecule has 0 radical (unpaired) electrons. The number of rotatable bonds is 8. The summed E-state index contributed by atoms with van der Waals surface area (Å²) in [6, 6.07) is 8.77. The molecule has 0 spiro atoms. The van der Waals surface area contributed by atoms with Crippen molar-refractivity contribution in [3.8, 4) is 17.2 Å². The molecule has 0 bridgehead atoms. The molecular formula is C30H34Cl4N2O5. The Morgan fingerprint density at radius 3 is 1.83 bits per heavy atom. The van der Waals surface area contributed by atoms with Crippen molar-refractivity contribution >= 4 is 69.6 Å². The molecule has 41 heavy (non-hydrogen) atoms. The Morgan fingerprint density at radius 1 is 0.854 bits per heavy atom. The van der Waals surface area contributed by atoms with Crippen LogP contribution in [0.1, 0.15) is 55.4 Å². The van der Waals surface area contributed by atoms with E-state index in [4.69, 9.17) is 51.1 Å². The van der Waals surface area contributed by atoms with Crippen LogP contribution in [0.2, 0.25) is 20.1 Å². The second kappa shape index (κ2) is 15.4. The van der Waals surface area contributed by atoms with Crippen LogP contribution < -0.4 is 15.4 Å². The molecule has 4 N–H and O–H groups in total. The van der Waals surface area contributed by atoms with E-state index in [0.717, 1.165) is 24.0 Å². The number of amides is 2. The van der Waals surface area contributed by atoms with Crippen molar-refractivity contribution in [1.82, 2.24) is 0 Å². The van der Waals surface area contributed by atoms with Crippen LogP contribution in [0.15, 0.2) is 30.3 Å². The van der Waals surface area contributed by atoms with Crippen molar-refractivity contribution < 1.29 is 24.5 Å². The van der Waals surface area contributed by atoms with Gasteiger partial charge < -0.3 is 25.6 Å². The Kier molecular flexibility index (Phi) is 12.9. The van der Waals surface area contributed by atoms with Gasteiger partial charge in [-0.25, -0.2) is 0 Å². The van der Waals surface area contributed by atoms with Crippen molar-refractivity contribution in [2.24, 2.45) is 0 Å². The molecule has 7 nitrogen and oxygen atoms in total. The van der Waals surface area contributed by atoms with E-state index in [-0.39, 0.29) is 44.7 Å². The fourth-order valence-corrected chi connectivity index (χ4v) is 4.63. The molecule has 2 amide bonds. The van der Waals surface area contributed by atoms with E-state index >= 15 is 0 Å². The summed E-state index contributed by atoms with van der Waals surface area (Å²) in [6.45, 7) is 10.7. The Morgan fingerprint density at radius 2 is 1.37 bits per heavy atom. The Labute approximate surface area is 260 Å². The first-order valence-corrected chi connectivity index (χ1v) is 14.4. The normalized spacial score (nSPS) is 11.3. The summed E-state index contributed by atoms with van der Waals surface area (Å²) in [7, 11) is 0. The van der Waals surface area contributed by atoms with E-state index < -0.39 is 6.10 Å². The van der Waals surface area contributed by atoms with Crippen LogP contribution in [0.5, 0.6) is 17.2 Å². The molecule has 11 heteroatoms. The second-order valence-electron chi connectivity index (χ2n) is 9.58. The number of aryl methyl sites for hydroxylation is 2. The number of benzene rings is 3. The van der Waals surface area contributed by atoms with Gasteiger partial charge in [0.2, 0.25) is 5.91 Å². The molecule has 0 saturated heterocycles. The molecule has 1 atom stereocenters. The smallest absolute Gasteiger partial charge is 0.265 e. The van der Waals surface area contributed by atoms with Gasteiger partial charge in [0, 0.05) is 17.0 Å². The van der Waals surface area contributed by atoms with Gasteiger partial charge >= 0.3 is 0 Å². The number of carbonyl (C=O) groups is 2. The number of nitrogens with one attached hydrogen (secondary N) is 2. The van der Waals surface area contributed by atoms with Gasteiger partial charge in [-0.05, 0) is 75.4 Å². The van der Waals surface area contributed by atoms with Gasteiger partial charge in [0.15, 0.2) is 17.6 Å². The number of hydrogen-bond acceptors (Lipinski definition) is 5.